The number of nitrogens with two attached hydrogens (primary N) is 1. The summed E-state index contributed by atoms with van der Waals surface area (Å²) in [5, 5.41) is 0. The Balaban J connectivity index is 2.37. The van der Waals surface area contributed by atoms with E-state index >= 15 is 0 Å². The number of rotatable bonds is 3. The summed E-state index contributed by atoms with van der Waals surface area (Å²) < 4.78 is 32.4. The first-order chi connectivity index (χ1) is 7.24. The van der Waals surface area contributed by atoms with E-state index in [4.69, 9.17) is 10.5 Å². The van der Waals surface area contributed by atoms with E-state index in [9.17, 15) is 8.78 Å². The molecule has 1 heterocycles. The Labute approximate surface area is 87.0 Å². The number of fused-ring (bicyclic) bond motifs is 1. The Morgan fingerprint density at radius 1 is 1.40 bits per heavy atom. The summed E-state index contributed by atoms with van der Waals surface area (Å²) in [6, 6.07) is 1.28. The van der Waals surface area contributed by atoms with Gasteiger partial charge in [0.15, 0.2) is 0 Å². The summed E-state index contributed by atoms with van der Waals surface area (Å²) in [5.74, 6) is -0.626. The van der Waals surface area contributed by atoms with E-state index in [-0.39, 0.29) is 5.56 Å². The Hall–Kier alpha value is -1.16. The van der Waals surface area contributed by atoms with E-state index in [0.717, 1.165) is 0 Å². The minimum Gasteiger partial charge on any atom is -0.493 e. The molecule has 2 nitrogen and oxygen atoms in total. The number of halogens is 2. The van der Waals surface area contributed by atoms with Crippen LogP contribution in [-0.4, -0.2) is 13.2 Å². The molecule has 0 amide bonds. The molecule has 0 saturated heterocycles. The Kier molecular flexibility index (Phi) is 2.86. The van der Waals surface area contributed by atoms with Crippen molar-refractivity contribution in [3.8, 4) is 5.75 Å². The van der Waals surface area contributed by atoms with E-state index in [1.165, 1.54) is 6.07 Å². The van der Waals surface area contributed by atoms with E-state index < -0.39 is 11.6 Å². The molecule has 82 valence electrons. The van der Waals surface area contributed by atoms with Crippen molar-refractivity contribution in [3.05, 3.63) is 28.8 Å². The summed E-state index contributed by atoms with van der Waals surface area (Å²) >= 11 is 0. The largest absolute Gasteiger partial charge is 0.493 e. The quantitative estimate of drug-likeness (QED) is 0.830. The molecule has 0 aromatic heterocycles. The second-order valence-electron chi connectivity index (χ2n) is 3.62. The number of hydrogen-bond acceptors (Lipinski definition) is 2. The van der Waals surface area contributed by atoms with Gasteiger partial charge < -0.3 is 10.5 Å². The predicted octanol–water partition coefficient (Wildman–Crippen LogP) is 1.79. The maximum Gasteiger partial charge on any atom is 0.136 e. The monoisotopic (exact) mass is 213 g/mol. The van der Waals surface area contributed by atoms with Crippen molar-refractivity contribution in [3.63, 3.8) is 0 Å². The molecule has 1 aromatic carbocycles. The maximum atomic E-state index is 13.8. The van der Waals surface area contributed by atoms with Gasteiger partial charge in [0.1, 0.15) is 17.4 Å². The van der Waals surface area contributed by atoms with Crippen LogP contribution in [0.25, 0.3) is 0 Å². The first-order valence-corrected chi connectivity index (χ1v) is 5.06. The average Bonchev–Trinajstić information content (AvgIpc) is 2.65. The number of benzene rings is 1. The minimum absolute atomic E-state index is 0.143. The zero-order chi connectivity index (χ0) is 10.8. The summed E-state index contributed by atoms with van der Waals surface area (Å²) in [6.07, 6.45) is 1.46. The van der Waals surface area contributed by atoms with Gasteiger partial charge in [-0.2, -0.15) is 0 Å². The standard InChI is InChI=1S/C11H13F2NO/c12-9-6-10-8(3-5-15-10)11(13)7(9)2-1-4-14/h6H,1-5,14H2. The molecule has 0 radical (unpaired) electrons. The third-order valence-electron chi connectivity index (χ3n) is 2.61. The number of ether oxygens (including phenoxy) is 1. The van der Waals surface area contributed by atoms with Crippen molar-refractivity contribution in [2.45, 2.75) is 19.3 Å². The Morgan fingerprint density at radius 3 is 2.93 bits per heavy atom. The topological polar surface area (TPSA) is 35.2 Å². The van der Waals surface area contributed by atoms with Crippen molar-refractivity contribution in [1.82, 2.24) is 0 Å². The molecule has 1 aliphatic heterocycles. The molecular formula is C11H13F2NO. The fourth-order valence-corrected chi connectivity index (χ4v) is 1.82. The summed E-state index contributed by atoms with van der Waals surface area (Å²) in [5.41, 5.74) is 5.97. The highest BCUT2D eigenvalue weighted by molar-refractivity contribution is 5.42. The van der Waals surface area contributed by atoms with Crippen molar-refractivity contribution in [2.24, 2.45) is 5.73 Å². The van der Waals surface area contributed by atoms with Crippen LogP contribution in [0.2, 0.25) is 0 Å². The lowest BCUT2D eigenvalue weighted by molar-refractivity contribution is 0.355. The van der Waals surface area contributed by atoms with Crippen molar-refractivity contribution in [1.29, 1.82) is 0 Å². The minimum atomic E-state index is -0.526. The smallest absolute Gasteiger partial charge is 0.136 e. The molecule has 0 unspecified atom stereocenters. The van der Waals surface area contributed by atoms with E-state index in [2.05, 4.69) is 0 Å². The fraction of sp³-hybridized carbons (Fsp3) is 0.455. The van der Waals surface area contributed by atoms with Crippen LogP contribution in [-0.2, 0) is 12.8 Å². The maximum absolute atomic E-state index is 13.8. The average molecular weight is 213 g/mol. The summed E-state index contributed by atoms with van der Waals surface area (Å²) in [4.78, 5) is 0. The van der Waals surface area contributed by atoms with Gasteiger partial charge >= 0.3 is 0 Å². The third-order valence-corrected chi connectivity index (χ3v) is 2.61. The lowest BCUT2D eigenvalue weighted by atomic mass is 10.0. The second-order valence-corrected chi connectivity index (χ2v) is 3.62. The molecule has 2 N–H and O–H groups in total. The third kappa shape index (κ3) is 1.81. The predicted molar refractivity (Wildman–Crippen MR) is 52.9 cm³/mol. The van der Waals surface area contributed by atoms with Crippen molar-refractivity contribution in [2.75, 3.05) is 13.2 Å². The number of hydrogen-bond donors (Lipinski definition) is 1. The van der Waals surface area contributed by atoms with Crippen molar-refractivity contribution < 1.29 is 13.5 Å². The van der Waals surface area contributed by atoms with Crippen LogP contribution in [0, 0.1) is 11.6 Å². The van der Waals surface area contributed by atoms with Gasteiger partial charge in [-0.1, -0.05) is 0 Å². The van der Waals surface area contributed by atoms with Gasteiger partial charge in [-0.05, 0) is 19.4 Å². The highest BCUT2D eigenvalue weighted by Gasteiger charge is 2.22. The van der Waals surface area contributed by atoms with Gasteiger partial charge in [0.05, 0.1) is 6.61 Å². The fourth-order valence-electron chi connectivity index (χ4n) is 1.82. The van der Waals surface area contributed by atoms with Crippen LogP contribution in [0.4, 0.5) is 8.78 Å². The molecule has 15 heavy (non-hydrogen) atoms. The van der Waals surface area contributed by atoms with E-state index in [1.54, 1.807) is 0 Å². The molecule has 0 spiro atoms. The molecule has 1 aliphatic rings. The zero-order valence-electron chi connectivity index (χ0n) is 8.35. The molecule has 0 atom stereocenters. The lowest BCUT2D eigenvalue weighted by Crippen LogP contribution is -2.05. The summed E-state index contributed by atoms with van der Waals surface area (Å²) in [6.45, 7) is 0.874. The van der Waals surface area contributed by atoms with E-state index in [0.29, 0.717) is 43.7 Å². The van der Waals surface area contributed by atoms with E-state index in [1.807, 2.05) is 0 Å². The zero-order valence-corrected chi connectivity index (χ0v) is 8.35. The van der Waals surface area contributed by atoms with Crippen LogP contribution in [0.15, 0.2) is 6.07 Å². The van der Waals surface area contributed by atoms with Gasteiger partial charge in [-0.25, -0.2) is 8.78 Å². The molecule has 1 aromatic rings. The normalized spacial score (nSPS) is 13.8. The molecule has 0 fully saturated rings. The second kappa shape index (κ2) is 4.14. The Bertz CT molecular complexity index is 379. The summed E-state index contributed by atoms with van der Waals surface area (Å²) in [7, 11) is 0. The SMILES string of the molecule is NCCCc1c(F)cc2c(c1F)CCO2. The van der Waals surface area contributed by atoms with Gasteiger partial charge in [0.2, 0.25) is 0 Å². The molecule has 0 bridgehead atoms. The van der Waals surface area contributed by atoms with Crippen LogP contribution >= 0.6 is 0 Å². The lowest BCUT2D eigenvalue weighted by Gasteiger charge is -2.08. The van der Waals surface area contributed by atoms with Crippen LogP contribution in [0.3, 0.4) is 0 Å². The van der Waals surface area contributed by atoms with Crippen LogP contribution in [0.5, 0.6) is 5.75 Å². The molecule has 4 heteroatoms. The van der Waals surface area contributed by atoms with Gasteiger partial charge in [0.25, 0.3) is 0 Å². The van der Waals surface area contributed by atoms with Gasteiger partial charge in [-0.15, -0.1) is 0 Å². The molecule has 0 aliphatic carbocycles. The molecular weight excluding hydrogens is 200 g/mol. The molecule has 2 rings (SSSR count). The van der Waals surface area contributed by atoms with Crippen LogP contribution < -0.4 is 10.5 Å². The van der Waals surface area contributed by atoms with Crippen LogP contribution in [0.1, 0.15) is 17.5 Å². The van der Waals surface area contributed by atoms with Gasteiger partial charge in [-0.3, -0.25) is 0 Å². The van der Waals surface area contributed by atoms with Crippen molar-refractivity contribution >= 4 is 0 Å². The first-order valence-electron chi connectivity index (χ1n) is 5.06. The molecule has 0 saturated carbocycles. The highest BCUT2D eigenvalue weighted by atomic mass is 19.1. The highest BCUT2D eigenvalue weighted by Crippen LogP contribution is 2.31. The first kappa shape index (κ1) is 10.4. The van der Waals surface area contributed by atoms with Gasteiger partial charge in [0, 0.05) is 23.6 Å². The Morgan fingerprint density at radius 2 is 2.20 bits per heavy atom.